The molecule has 0 spiro atoms. The fourth-order valence-corrected chi connectivity index (χ4v) is 8.76. The van der Waals surface area contributed by atoms with Crippen molar-refractivity contribution < 1.29 is 4.42 Å². The normalized spacial score (nSPS) is 12.4. The van der Waals surface area contributed by atoms with E-state index in [1.165, 1.54) is 60.5 Å². The zero-order valence-electron chi connectivity index (χ0n) is 30.8. The van der Waals surface area contributed by atoms with Gasteiger partial charge in [0.25, 0.3) is 0 Å². The van der Waals surface area contributed by atoms with Crippen LogP contribution in [0.25, 0.3) is 82.9 Å². The monoisotopic (exact) mass is 715 g/mol. The van der Waals surface area contributed by atoms with Gasteiger partial charge in [-0.3, -0.25) is 0 Å². The number of hydrogen-bond donors (Lipinski definition) is 0. The van der Waals surface area contributed by atoms with Gasteiger partial charge in [-0.05, 0) is 128 Å². The summed E-state index contributed by atoms with van der Waals surface area (Å²) >= 11 is 0. The quantitative estimate of drug-likeness (QED) is 0.170. The molecule has 1 heterocycles. The van der Waals surface area contributed by atoms with Gasteiger partial charge in [0.15, 0.2) is 0 Å². The van der Waals surface area contributed by atoms with Crippen LogP contribution in [0.1, 0.15) is 17.5 Å². The number of allylic oxidation sites excluding steroid dienone is 1. The Morgan fingerprint density at radius 1 is 0.411 bits per heavy atom. The Bertz CT molecular complexity index is 3120. The summed E-state index contributed by atoms with van der Waals surface area (Å²) in [5.74, 6) is 0. The zero-order chi connectivity index (χ0) is 37.0. The predicted molar refractivity (Wildman–Crippen MR) is 237 cm³/mol. The molecule has 264 valence electrons. The van der Waals surface area contributed by atoms with E-state index in [2.05, 4.69) is 205 Å². The maximum absolute atomic E-state index is 6.45. The van der Waals surface area contributed by atoms with Crippen LogP contribution in [0.3, 0.4) is 0 Å². The minimum atomic E-state index is 0.883. The number of nitrogens with zero attached hydrogens (tertiary/aromatic N) is 1. The van der Waals surface area contributed by atoms with Gasteiger partial charge in [0.1, 0.15) is 11.2 Å². The fraction of sp³-hybridized carbons (Fsp3) is 0.0370. The van der Waals surface area contributed by atoms with Crippen molar-refractivity contribution in [2.45, 2.75) is 12.8 Å². The van der Waals surface area contributed by atoms with Crippen LogP contribution in [0.15, 0.2) is 199 Å². The molecular weight excluding hydrogens is 679 g/mol. The Labute approximate surface area is 326 Å². The summed E-state index contributed by atoms with van der Waals surface area (Å²) in [6, 6.07) is 68.2. The first kappa shape index (κ1) is 32.3. The summed E-state index contributed by atoms with van der Waals surface area (Å²) in [6.45, 7) is 0. The summed E-state index contributed by atoms with van der Waals surface area (Å²) in [4.78, 5) is 2.39. The van der Waals surface area contributed by atoms with Crippen molar-refractivity contribution in [2.24, 2.45) is 0 Å². The molecule has 0 bridgehead atoms. The van der Waals surface area contributed by atoms with E-state index >= 15 is 0 Å². The van der Waals surface area contributed by atoms with Gasteiger partial charge < -0.3 is 9.32 Å². The van der Waals surface area contributed by atoms with E-state index in [0.717, 1.165) is 57.4 Å². The topological polar surface area (TPSA) is 16.4 Å². The van der Waals surface area contributed by atoms with Crippen molar-refractivity contribution in [3.05, 3.63) is 205 Å². The van der Waals surface area contributed by atoms with Crippen molar-refractivity contribution >= 4 is 66.6 Å². The minimum absolute atomic E-state index is 0.883. The summed E-state index contributed by atoms with van der Waals surface area (Å²) in [5, 5.41) is 7.22. The Morgan fingerprint density at radius 2 is 1.04 bits per heavy atom. The van der Waals surface area contributed by atoms with E-state index in [1.54, 1.807) is 0 Å². The lowest BCUT2D eigenvalue weighted by atomic mass is 9.85. The van der Waals surface area contributed by atoms with Crippen LogP contribution in [0.4, 0.5) is 17.1 Å². The number of benzene rings is 9. The molecule has 2 heteroatoms. The van der Waals surface area contributed by atoms with E-state index in [4.69, 9.17) is 4.42 Å². The lowest BCUT2D eigenvalue weighted by Crippen LogP contribution is -2.11. The number of rotatable bonds is 6. The molecule has 0 N–H and O–H groups in total. The highest BCUT2D eigenvalue weighted by Gasteiger charge is 2.20. The van der Waals surface area contributed by atoms with Crippen LogP contribution in [0.2, 0.25) is 0 Å². The molecule has 1 aromatic heterocycles. The molecule has 0 saturated carbocycles. The van der Waals surface area contributed by atoms with E-state index in [1.807, 2.05) is 0 Å². The third-order valence-electron chi connectivity index (χ3n) is 11.5. The van der Waals surface area contributed by atoms with Gasteiger partial charge >= 0.3 is 0 Å². The number of anilines is 3. The molecule has 0 fully saturated rings. The molecule has 10 aromatic rings. The van der Waals surface area contributed by atoms with Gasteiger partial charge in [-0.2, -0.15) is 0 Å². The lowest BCUT2D eigenvalue weighted by molar-refractivity contribution is 0.669. The summed E-state index contributed by atoms with van der Waals surface area (Å²) < 4.78 is 6.45. The number of para-hydroxylation sites is 1. The molecule has 2 nitrogen and oxygen atoms in total. The molecule has 1 aliphatic rings. The van der Waals surface area contributed by atoms with E-state index in [9.17, 15) is 0 Å². The van der Waals surface area contributed by atoms with Gasteiger partial charge in [-0.15, -0.1) is 0 Å². The molecule has 9 aromatic carbocycles. The van der Waals surface area contributed by atoms with Crippen LogP contribution in [0.5, 0.6) is 0 Å². The molecule has 0 radical (unpaired) electrons. The molecule has 56 heavy (non-hydrogen) atoms. The van der Waals surface area contributed by atoms with Crippen molar-refractivity contribution in [3.8, 4) is 33.4 Å². The molecule has 1 aliphatic carbocycles. The number of hydrogen-bond acceptors (Lipinski definition) is 2. The van der Waals surface area contributed by atoms with Crippen molar-refractivity contribution in [1.29, 1.82) is 0 Å². The van der Waals surface area contributed by atoms with Gasteiger partial charge in [0.05, 0.1) is 5.69 Å². The molecule has 11 rings (SSSR count). The Morgan fingerprint density at radius 3 is 1.86 bits per heavy atom. The Balaban J connectivity index is 1.05. The van der Waals surface area contributed by atoms with Crippen molar-refractivity contribution in [3.63, 3.8) is 0 Å². The molecular formula is C54H37NO. The smallest absolute Gasteiger partial charge is 0.136 e. The van der Waals surface area contributed by atoms with Gasteiger partial charge in [-0.1, -0.05) is 146 Å². The van der Waals surface area contributed by atoms with Crippen LogP contribution >= 0.6 is 0 Å². The van der Waals surface area contributed by atoms with Crippen LogP contribution < -0.4 is 4.90 Å². The number of fused-ring (bicyclic) bond motifs is 7. The molecule has 0 amide bonds. The van der Waals surface area contributed by atoms with Crippen LogP contribution in [0, 0.1) is 0 Å². The highest BCUT2D eigenvalue weighted by Crippen LogP contribution is 2.44. The third kappa shape index (κ3) is 5.49. The second-order valence-corrected chi connectivity index (χ2v) is 14.8. The molecule has 0 aliphatic heterocycles. The van der Waals surface area contributed by atoms with E-state index in [-0.39, 0.29) is 0 Å². The molecule has 0 atom stereocenters. The van der Waals surface area contributed by atoms with E-state index < -0.39 is 0 Å². The average molecular weight is 716 g/mol. The maximum Gasteiger partial charge on any atom is 0.136 e. The second-order valence-electron chi connectivity index (χ2n) is 14.8. The SMILES string of the molecule is C1=Cc2c(c(-c3ccc(-c4ccccc4N(c4ccc(-c5ccccc5)cc4)c4ccc5oc6cc7ccccc7cc6c5c4)cc3)cc3ccccc23)CC1. The molecule has 0 saturated heterocycles. The largest absolute Gasteiger partial charge is 0.456 e. The highest BCUT2D eigenvalue weighted by atomic mass is 16.3. The van der Waals surface area contributed by atoms with Gasteiger partial charge in [0, 0.05) is 27.7 Å². The summed E-state index contributed by atoms with van der Waals surface area (Å²) in [7, 11) is 0. The Kier molecular flexibility index (Phi) is 7.67. The van der Waals surface area contributed by atoms with Crippen molar-refractivity contribution in [2.75, 3.05) is 4.90 Å². The fourth-order valence-electron chi connectivity index (χ4n) is 8.76. The highest BCUT2D eigenvalue weighted by molar-refractivity contribution is 6.11. The standard InChI is InChI=1S/C54H37NO/c1-2-12-36(13-3-1)37-26-28-43(29-27-37)55(44-30-31-53-51(35-44)50-32-40-14-4-5-15-41(40)34-54(50)56-53)52-21-11-10-18-46(52)38-22-24-39(25-23-38)49-33-42-16-6-7-17-45(42)47-19-8-9-20-48(47)49/h1-8,10-19,21-35H,9,20H2. The maximum atomic E-state index is 6.45. The Hall–Kier alpha value is -7.16. The predicted octanol–water partition coefficient (Wildman–Crippen LogP) is 15.3. The lowest BCUT2D eigenvalue weighted by Gasteiger charge is -2.28. The second kappa shape index (κ2) is 13.3. The zero-order valence-corrected chi connectivity index (χ0v) is 30.8. The first-order valence-electron chi connectivity index (χ1n) is 19.5. The first-order valence-corrected chi connectivity index (χ1v) is 19.5. The first-order chi connectivity index (χ1) is 27.7. The molecule has 0 unspecified atom stereocenters. The van der Waals surface area contributed by atoms with Crippen molar-refractivity contribution in [1.82, 2.24) is 0 Å². The van der Waals surface area contributed by atoms with E-state index in [0.29, 0.717) is 0 Å². The van der Waals surface area contributed by atoms with Gasteiger partial charge in [0.2, 0.25) is 0 Å². The van der Waals surface area contributed by atoms with Crippen LogP contribution in [-0.4, -0.2) is 0 Å². The van der Waals surface area contributed by atoms with Gasteiger partial charge in [-0.25, -0.2) is 0 Å². The average Bonchev–Trinajstić information content (AvgIpc) is 3.63. The van der Waals surface area contributed by atoms with Crippen LogP contribution in [-0.2, 0) is 6.42 Å². The summed E-state index contributed by atoms with van der Waals surface area (Å²) in [6.07, 6.45) is 6.76. The third-order valence-corrected chi connectivity index (χ3v) is 11.5. The summed E-state index contributed by atoms with van der Waals surface area (Å²) in [5.41, 5.74) is 15.2. The minimum Gasteiger partial charge on any atom is -0.456 e. The number of furan rings is 1.